The molecule has 3 aliphatic rings. The zero-order chi connectivity index (χ0) is 32.6. The van der Waals surface area contributed by atoms with Crippen molar-refractivity contribution < 1.29 is 41.2 Å². The highest BCUT2D eigenvalue weighted by molar-refractivity contribution is 5.93. The number of aliphatic hydroxyl groups is 1. The third-order valence-corrected chi connectivity index (χ3v) is 9.19. The van der Waals surface area contributed by atoms with E-state index in [0.29, 0.717) is 49.9 Å². The van der Waals surface area contributed by atoms with Crippen molar-refractivity contribution in [1.29, 1.82) is 0 Å². The van der Waals surface area contributed by atoms with Gasteiger partial charge in [0, 0.05) is 44.9 Å². The first-order chi connectivity index (χ1) is 21.9. The summed E-state index contributed by atoms with van der Waals surface area (Å²) < 4.78 is 80.4. The predicted octanol–water partition coefficient (Wildman–Crippen LogP) is 2.59. The van der Waals surface area contributed by atoms with Crippen molar-refractivity contribution in [1.82, 2.24) is 45.4 Å². The molecule has 46 heavy (non-hydrogen) atoms. The number of piperidine rings is 1. The molecule has 3 aromatic rings. The second-order valence-corrected chi connectivity index (χ2v) is 12.4. The summed E-state index contributed by atoms with van der Waals surface area (Å²) in [5, 5.41) is 28.1. The van der Waals surface area contributed by atoms with E-state index in [-0.39, 0.29) is 68.2 Å². The van der Waals surface area contributed by atoms with Gasteiger partial charge >= 0.3 is 6.18 Å². The molecule has 0 aromatic carbocycles. The van der Waals surface area contributed by atoms with Gasteiger partial charge in [0.1, 0.15) is 11.9 Å². The van der Waals surface area contributed by atoms with Crippen LogP contribution in [0.5, 0.6) is 0 Å². The van der Waals surface area contributed by atoms with Crippen molar-refractivity contribution >= 4 is 11.7 Å². The molecular formula is C28H36F5N9O4. The fourth-order valence-corrected chi connectivity index (χ4v) is 6.48. The topological polar surface area (TPSA) is 156 Å². The highest BCUT2D eigenvalue weighted by Gasteiger charge is 2.45. The zero-order valence-electron chi connectivity index (χ0n) is 25.1. The number of aromatic nitrogens is 6. The summed E-state index contributed by atoms with van der Waals surface area (Å²) in [5.74, 6) is -6.01. The number of alkyl halides is 5. The molecule has 2 aliphatic heterocycles. The van der Waals surface area contributed by atoms with Gasteiger partial charge in [0.25, 0.3) is 11.7 Å². The van der Waals surface area contributed by atoms with Crippen LogP contribution in [0.1, 0.15) is 71.4 Å². The van der Waals surface area contributed by atoms with Gasteiger partial charge in [-0.3, -0.25) is 15.0 Å². The molecule has 0 radical (unpaired) electrons. The molecule has 0 spiro atoms. The number of hydrogen-bond acceptors (Lipinski definition) is 11. The Hall–Kier alpha value is -3.35. The Morgan fingerprint density at radius 1 is 1.17 bits per heavy atom. The third kappa shape index (κ3) is 7.29. The number of imidazole rings is 1. The van der Waals surface area contributed by atoms with Gasteiger partial charge in [-0.05, 0) is 43.7 Å². The number of nitrogens with zero attached hydrogens (tertiary/aromatic N) is 7. The van der Waals surface area contributed by atoms with Crippen molar-refractivity contribution in [3.63, 3.8) is 0 Å². The molecule has 5 heterocycles. The molecule has 2 saturated heterocycles. The van der Waals surface area contributed by atoms with Crippen LogP contribution in [-0.2, 0) is 17.7 Å². The number of aliphatic hydroxyl groups excluding tert-OH is 1. The summed E-state index contributed by atoms with van der Waals surface area (Å²) in [6.07, 6.45) is -4.72. The molecule has 1 amide bonds. The lowest BCUT2D eigenvalue weighted by Gasteiger charge is -2.35. The van der Waals surface area contributed by atoms with E-state index in [4.69, 9.17) is 14.8 Å². The fourth-order valence-electron chi connectivity index (χ4n) is 6.48. The van der Waals surface area contributed by atoms with Gasteiger partial charge in [0.15, 0.2) is 5.69 Å². The number of aryl methyl sites for hydroxylation is 1. The number of carbonyl (C=O) groups is 1. The summed E-state index contributed by atoms with van der Waals surface area (Å²) in [6, 6.07) is -0.800. The standard InChI is InChI=1S/C28H36F5N9O4/c1-15-22(40-46-39-15)25(44)37-23(16-2-4-27(29,30)5-3-16)21-14-42-26(36-21)35-20(13-41-6-8-45-9-7-41)19(38-42)11-17-10-18(28(31,32)33)12-34-24(17)43/h14,16-18,23-24,34,43H,2-13H2,1H3,(H,37,44)/t17-,18-,23+,24?/m1/s1. The van der Waals surface area contributed by atoms with E-state index in [0.717, 1.165) is 0 Å². The molecule has 18 heteroatoms. The van der Waals surface area contributed by atoms with Crippen LogP contribution >= 0.6 is 0 Å². The Balaban J connectivity index is 1.34. The zero-order valence-corrected chi connectivity index (χ0v) is 25.1. The van der Waals surface area contributed by atoms with Crippen LogP contribution in [0, 0.1) is 24.7 Å². The number of hydrogen-bond donors (Lipinski definition) is 3. The Morgan fingerprint density at radius 2 is 1.91 bits per heavy atom. The summed E-state index contributed by atoms with van der Waals surface area (Å²) >= 11 is 0. The highest BCUT2D eigenvalue weighted by Crippen LogP contribution is 2.41. The number of amides is 1. The Bertz CT molecular complexity index is 1520. The first-order valence-corrected chi connectivity index (χ1v) is 15.4. The normalized spacial score (nSPS) is 25.5. The molecule has 13 nitrogen and oxygen atoms in total. The number of fused-ring (bicyclic) bond motifs is 1. The average molecular weight is 658 g/mol. The third-order valence-electron chi connectivity index (χ3n) is 9.19. The monoisotopic (exact) mass is 657 g/mol. The van der Waals surface area contributed by atoms with Gasteiger partial charge in [0.05, 0.1) is 48.5 Å². The minimum absolute atomic E-state index is 0.0210. The summed E-state index contributed by atoms with van der Waals surface area (Å²) in [7, 11) is 0. The molecule has 0 bridgehead atoms. The fraction of sp³-hybridized carbons (Fsp3) is 0.714. The lowest BCUT2D eigenvalue weighted by atomic mass is 9.81. The molecule has 1 saturated carbocycles. The largest absolute Gasteiger partial charge is 0.393 e. The van der Waals surface area contributed by atoms with E-state index in [1.807, 2.05) is 0 Å². The highest BCUT2D eigenvalue weighted by atomic mass is 19.4. The number of ether oxygens (including phenoxy) is 1. The number of halogens is 5. The maximum atomic E-state index is 14.1. The van der Waals surface area contributed by atoms with Crippen molar-refractivity contribution in [2.45, 2.75) is 76.4 Å². The van der Waals surface area contributed by atoms with E-state index in [1.54, 1.807) is 13.1 Å². The first kappa shape index (κ1) is 32.6. The molecule has 1 unspecified atom stereocenters. The van der Waals surface area contributed by atoms with Gasteiger partial charge in [-0.25, -0.2) is 27.9 Å². The van der Waals surface area contributed by atoms with Crippen LogP contribution in [0.2, 0.25) is 0 Å². The second-order valence-electron chi connectivity index (χ2n) is 12.4. The van der Waals surface area contributed by atoms with Gasteiger partial charge in [0.2, 0.25) is 5.92 Å². The van der Waals surface area contributed by atoms with E-state index < -0.39 is 42.1 Å². The van der Waals surface area contributed by atoms with Gasteiger partial charge in [-0.1, -0.05) is 5.16 Å². The van der Waals surface area contributed by atoms with Gasteiger partial charge in [-0.15, -0.1) is 0 Å². The molecule has 4 atom stereocenters. The molecule has 3 N–H and O–H groups in total. The van der Waals surface area contributed by atoms with Crippen LogP contribution in [0.25, 0.3) is 5.78 Å². The van der Waals surface area contributed by atoms with E-state index >= 15 is 0 Å². The van der Waals surface area contributed by atoms with E-state index in [9.17, 15) is 31.9 Å². The summed E-state index contributed by atoms with van der Waals surface area (Å²) in [4.78, 5) is 24.7. The van der Waals surface area contributed by atoms with Crippen LogP contribution in [-0.4, -0.2) is 97.0 Å². The number of nitrogens with one attached hydrogen (secondary N) is 2. The predicted molar refractivity (Wildman–Crippen MR) is 148 cm³/mol. The van der Waals surface area contributed by atoms with E-state index in [1.165, 1.54) is 4.52 Å². The second kappa shape index (κ2) is 13.0. The van der Waals surface area contributed by atoms with Crippen molar-refractivity contribution in [2.75, 3.05) is 32.8 Å². The summed E-state index contributed by atoms with van der Waals surface area (Å²) in [6.45, 7) is 3.77. The maximum absolute atomic E-state index is 14.1. The minimum atomic E-state index is -4.42. The Morgan fingerprint density at radius 3 is 2.59 bits per heavy atom. The minimum Gasteiger partial charge on any atom is -0.379 e. The van der Waals surface area contributed by atoms with Crippen LogP contribution in [0.3, 0.4) is 0 Å². The number of rotatable bonds is 8. The summed E-state index contributed by atoms with van der Waals surface area (Å²) in [5.41, 5.74) is 1.45. The SMILES string of the molecule is Cc1nonc1C(=O)N[C@H](c1cn2nc(C[C@H]3C[C@@H](C(F)(F)F)CNC3O)c(CN3CCOCC3)nc2n1)C1CCC(F)(F)CC1. The Kier molecular flexibility index (Phi) is 9.24. The molecule has 1 aliphatic carbocycles. The Labute approximate surface area is 260 Å². The molecule has 3 fully saturated rings. The number of morpholine rings is 1. The first-order valence-electron chi connectivity index (χ1n) is 15.4. The van der Waals surface area contributed by atoms with Crippen molar-refractivity contribution in [2.24, 2.45) is 17.8 Å². The maximum Gasteiger partial charge on any atom is 0.393 e. The van der Waals surface area contributed by atoms with Gasteiger partial charge in [-0.2, -0.15) is 18.3 Å². The lowest BCUT2D eigenvalue weighted by Crippen LogP contribution is -2.50. The number of carbonyl (C=O) groups excluding carboxylic acids is 1. The lowest BCUT2D eigenvalue weighted by molar-refractivity contribution is -0.190. The molecular weight excluding hydrogens is 621 g/mol. The van der Waals surface area contributed by atoms with Crippen LogP contribution in [0.15, 0.2) is 10.8 Å². The smallest absolute Gasteiger partial charge is 0.379 e. The van der Waals surface area contributed by atoms with Gasteiger partial charge < -0.3 is 15.2 Å². The molecule has 6 rings (SSSR count). The van der Waals surface area contributed by atoms with Crippen molar-refractivity contribution in [3.8, 4) is 0 Å². The molecule has 3 aromatic heterocycles. The van der Waals surface area contributed by atoms with E-state index in [2.05, 4.69) is 35.5 Å². The van der Waals surface area contributed by atoms with Crippen molar-refractivity contribution in [3.05, 3.63) is 34.7 Å². The van der Waals surface area contributed by atoms with Crippen LogP contribution in [0.4, 0.5) is 22.0 Å². The quantitative estimate of drug-likeness (QED) is 0.306. The van der Waals surface area contributed by atoms with Crippen LogP contribution < -0.4 is 10.6 Å². The average Bonchev–Trinajstić information content (AvgIpc) is 3.63. The molecule has 252 valence electrons.